The zero-order valence-corrected chi connectivity index (χ0v) is 12.2. The summed E-state index contributed by atoms with van der Waals surface area (Å²) in [6, 6.07) is 0. The van der Waals surface area contributed by atoms with Crippen molar-refractivity contribution in [2.24, 2.45) is 0 Å². The van der Waals surface area contributed by atoms with E-state index in [1.807, 2.05) is 6.92 Å². The molecule has 2 aliphatic rings. The van der Waals surface area contributed by atoms with E-state index in [2.05, 4.69) is 5.73 Å². The summed E-state index contributed by atoms with van der Waals surface area (Å²) in [4.78, 5) is 10.8. The summed E-state index contributed by atoms with van der Waals surface area (Å²) in [5.41, 5.74) is 3.33. The molecule has 3 atom stereocenters. The Hall–Kier alpha value is -0.388. The average Bonchev–Trinajstić information content (AvgIpc) is 2.74. The van der Waals surface area contributed by atoms with Gasteiger partial charge in [0.15, 0.2) is 0 Å². The van der Waals surface area contributed by atoms with E-state index in [0.29, 0.717) is 6.42 Å². The van der Waals surface area contributed by atoms with E-state index >= 15 is 0 Å². The van der Waals surface area contributed by atoms with E-state index in [-0.39, 0.29) is 59.1 Å². The van der Waals surface area contributed by atoms with Crippen LogP contribution in [0, 0.1) is 21.4 Å². The molecule has 1 heterocycles. The number of ether oxygens (including phenoxy) is 2. The van der Waals surface area contributed by atoms with Crippen LogP contribution in [0.5, 0.6) is 0 Å². The van der Waals surface area contributed by atoms with Crippen LogP contribution in [0.1, 0.15) is 26.7 Å². The molecule has 2 fully saturated rings. The molecule has 0 aromatic rings. The first kappa shape index (κ1) is 19.0. The number of carbonyl (C=O) groups is 1. The van der Waals surface area contributed by atoms with E-state index < -0.39 is 0 Å². The van der Waals surface area contributed by atoms with E-state index in [1.165, 1.54) is 6.92 Å². The second-order valence-electron chi connectivity index (χ2n) is 4.01. The molecular formula is C13H19O3Pd-3. The Labute approximate surface area is 118 Å². The van der Waals surface area contributed by atoms with Gasteiger partial charge in [0.05, 0.1) is 17.8 Å². The van der Waals surface area contributed by atoms with Crippen molar-refractivity contribution in [1.29, 1.82) is 0 Å². The molecule has 0 spiro atoms. The van der Waals surface area contributed by atoms with Crippen molar-refractivity contribution in [2.75, 3.05) is 0 Å². The summed E-state index contributed by atoms with van der Waals surface area (Å²) in [7, 11) is 0. The Balaban J connectivity index is 0. The van der Waals surface area contributed by atoms with Gasteiger partial charge in [-0.1, -0.05) is 6.42 Å². The molecule has 1 saturated carbocycles. The molecule has 0 bridgehead atoms. The van der Waals surface area contributed by atoms with Crippen LogP contribution in [-0.2, 0) is 34.7 Å². The minimum absolute atomic E-state index is 0. The molecule has 1 saturated heterocycles. The Morgan fingerprint density at radius 1 is 1.59 bits per heavy atom. The first-order valence-electron chi connectivity index (χ1n) is 4.74. The van der Waals surface area contributed by atoms with E-state index in [9.17, 15) is 4.79 Å². The van der Waals surface area contributed by atoms with E-state index in [0.717, 1.165) is 12.0 Å². The number of rotatable bonds is 1. The van der Waals surface area contributed by atoms with Crippen LogP contribution < -0.4 is 0 Å². The van der Waals surface area contributed by atoms with Crippen molar-refractivity contribution in [3.05, 3.63) is 32.7 Å². The van der Waals surface area contributed by atoms with Gasteiger partial charge in [-0.25, -0.2) is 6.58 Å². The molecule has 0 aromatic heterocycles. The Morgan fingerprint density at radius 2 is 2.18 bits per heavy atom. The van der Waals surface area contributed by atoms with E-state index in [1.54, 1.807) is 0 Å². The molecule has 17 heavy (non-hydrogen) atoms. The molecule has 1 aliphatic heterocycles. The maximum atomic E-state index is 10.8. The predicted molar refractivity (Wildman–Crippen MR) is 62.2 cm³/mol. The molecular weight excluding hydrogens is 311 g/mol. The minimum atomic E-state index is -0.254. The third kappa shape index (κ3) is 3.53. The smallest absolute Gasteiger partial charge is 0.302 e. The van der Waals surface area contributed by atoms with Crippen LogP contribution in [0.25, 0.3) is 0 Å². The van der Waals surface area contributed by atoms with Crippen molar-refractivity contribution in [1.82, 2.24) is 0 Å². The Bertz CT molecular complexity index is 334. The topological polar surface area (TPSA) is 38.8 Å². The summed E-state index contributed by atoms with van der Waals surface area (Å²) < 4.78 is 10.6. The van der Waals surface area contributed by atoms with Crippen LogP contribution >= 0.6 is 0 Å². The largest absolute Gasteiger partial charge is 0.464 e. The summed E-state index contributed by atoms with van der Waals surface area (Å²) in [6.45, 7) is 8.80. The second kappa shape index (κ2) is 6.52. The summed E-state index contributed by atoms with van der Waals surface area (Å²) in [5, 5.41) is 0. The van der Waals surface area contributed by atoms with Crippen molar-refractivity contribution in [3.63, 3.8) is 0 Å². The van der Waals surface area contributed by atoms with Gasteiger partial charge >= 0.3 is 5.97 Å². The molecule has 0 aromatic carbocycles. The SMILES string of the molecule is [CH-]=C=C1C[C@@H](OC(C)=O)C[C@@H]2O[C@]12C.[CH3-].[CH3-].[Pd]. The maximum absolute atomic E-state index is 10.8. The Morgan fingerprint density at radius 3 is 2.65 bits per heavy atom. The summed E-state index contributed by atoms with van der Waals surface area (Å²) in [6.07, 6.45) is 1.45. The molecule has 0 N–H and O–H groups in total. The van der Waals surface area contributed by atoms with Crippen molar-refractivity contribution in [2.45, 2.75) is 44.5 Å². The average molecular weight is 330 g/mol. The number of fused-ring (bicyclic) bond motifs is 1. The van der Waals surface area contributed by atoms with Crippen molar-refractivity contribution < 1.29 is 34.7 Å². The van der Waals surface area contributed by atoms with Gasteiger partial charge in [0.1, 0.15) is 0 Å². The third-order valence-electron chi connectivity index (χ3n) is 2.96. The predicted octanol–water partition coefficient (Wildman–Crippen LogP) is 2.28. The van der Waals surface area contributed by atoms with Crippen molar-refractivity contribution in [3.8, 4) is 0 Å². The van der Waals surface area contributed by atoms with Gasteiger partial charge in [-0.2, -0.15) is 0 Å². The zero-order chi connectivity index (χ0) is 10.3. The van der Waals surface area contributed by atoms with Crippen LogP contribution in [0.3, 0.4) is 0 Å². The van der Waals surface area contributed by atoms with Crippen LogP contribution in [0.2, 0.25) is 0 Å². The fourth-order valence-electron chi connectivity index (χ4n) is 2.08. The van der Waals surface area contributed by atoms with Gasteiger partial charge in [0.25, 0.3) is 0 Å². The van der Waals surface area contributed by atoms with Gasteiger partial charge in [-0.05, 0) is 6.92 Å². The van der Waals surface area contributed by atoms with Gasteiger partial charge in [-0.3, -0.25) is 4.79 Å². The molecule has 0 unspecified atom stereocenters. The van der Waals surface area contributed by atoms with Gasteiger partial charge in [-0.15, -0.1) is 5.57 Å². The number of epoxide rings is 1. The zero-order valence-electron chi connectivity index (χ0n) is 10.7. The fraction of sp³-hybridized carbons (Fsp3) is 0.538. The van der Waals surface area contributed by atoms with Gasteiger partial charge in [0, 0.05) is 33.8 Å². The number of esters is 1. The minimum Gasteiger partial charge on any atom is -0.464 e. The van der Waals surface area contributed by atoms with Gasteiger partial charge < -0.3 is 30.1 Å². The quantitative estimate of drug-likeness (QED) is 0.244. The Kier molecular flexibility index (Phi) is 7.27. The molecule has 102 valence electrons. The molecule has 0 radical (unpaired) electrons. The van der Waals surface area contributed by atoms with Crippen molar-refractivity contribution >= 4 is 5.97 Å². The first-order chi connectivity index (χ1) is 6.56. The molecule has 4 heteroatoms. The number of hydrogen-bond acceptors (Lipinski definition) is 3. The van der Waals surface area contributed by atoms with E-state index in [4.69, 9.17) is 16.1 Å². The number of hydrogen-bond donors (Lipinski definition) is 0. The maximum Gasteiger partial charge on any atom is 0.302 e. The van der Waals surface area contributed by atoms with Crippen LogP contribution in [0.15, 0.2) is 11.3 Å². The monoisotopic (exact) mass is 329 g/mol. The molecule has 2 rings (SSSR count). The van der Waals surface area contributed by atoms with Crippen LogP contribution in [0.4, 0.5) is 0 Å². The van der Waals surface area contributed by atoms with Gasteiger partial charge in [0.2, 0.25) is 0 Å². The first-order valence-corrected chi connectivity index (χ1v) is 4.74. The summed E-state index contributed by atoms with van der Waals surface area (Å²) in [5.74, 6) is -0.254. The molecule has 3 nitrogen and oxygen atoms in total. The normalized spacial score (nSPS) is 32.7. The number of carbonyl (C=O) groups excluding carboxylic acids is 1. The molecule has 1 aliphatic carbocycles. The third-order valence-corrected chi connectivity index (χ3v) is 2.96. The van der Waals surface area contributed by atoms with Crippen LogP contribution in [-0.4, -0.2) is 23.8 Å². The standard InChI is InChI=1S/C11H13O3.2CH3.Pd/c1-4-8-5-9(13-7(2)12)6-10-11(8,3)14-10;;;/h1,9-10H,5-6H2,2-3H3;2*1H3;/q3*-1;/t9-,10+,11-;;;/m1.../s1. The second-order valence-corrected chi connectivity index (χ2v) is 4.01. The summed E-state index contributed by atoms with van der Waals surface area (Å²) >= 11 is 0. The fourth-order valence-corrected chi connectivity index (χ4v) is 2.08. The molecule has 0 amide bonds.